The third-order valence-electron chi connectivity index (χ3n) is 4.57. The van der Waals surface area contributed by atoms with Crippen LogP contribution < -0.4 is 5.32 Å². The van der Waals surface area contributed by atoms with E-state index in [1.807, 2.05) is 12.1 Å². The Morgan fingerprint density at radius 3 is 2.50 bits per heavy atom. The van der Waals surface area contributed by atoms with Gasteiger partial charge in [-0.05, 0) is 54.8 Å². The molecule has 2 heteroatoms. The van der Waals surface area contributed by atoms with Gasteiger partial charge in [0.15, 0.2) is 0 Å². The van der Waals surface area contributed by atoms with Crippen LogP contribution in [0, 0.1) is 17.8 Å². The SMILES string of the molecule is CC1CCCC(CNC(c2ccc(Cl)cc2)C(C)C)C1. The van der Waals surface area contributed by atoms with Crippen molar-refractivity contribution in [2.45, 2.75) is 52.5 Å². The first-order valence-electron chi connectivity index (χ1n) is 8.05. The predicted molar refractivity (Wildman–Crippen MR) is 88.2 cm³/mol. The van der Waals surface area contributed by atoms with E-state index in [1.54, 1.807) is 0 Å². The minimum Gasteiger partial charge on any atom is -0.309 e. The van der Waals surface area contributed by atoms with E-state index in [0.717, 1.165) is 23.4 Å². The molecule has 3 atom stereocenters. The van der Waals surface area contributed by atoms with Gasteiger partial charge in [-0.3, -0.25) is 0 Å². The molecule has 1 aromatic carbocycles. The number of rotatable bonds is 5. The molecule has 112 valence electrons. The van der Waals surface area contributed by atoms with E-state index in [9.17, 15) is 0 Å². The molecule has 0 spiro atoms. The van der Waals surface area contributed by atoms with Gasteiger partial charge in [-0.25, -0.2) is 0 Å². The van der Waals surface area contributed by atoms with Crippen LogP contribution in [0.5, 0.6) is 0 Å². The Hall–Kier alpha value is -0.530. The van der Waals surface area contributed by atoms with Crippen LogP contribution in [0.2, 0.25) is 5.02 Å². The van der Waals surface area contributed by atoms with Crippen molar-refractivity contribution in [2.24, 2.45) is 17.8 Å². The van der Waals surface area contributed by atoms with E-state index >= 15 is 0 Å². The van der Waals surface area contributed by atoms with Crippen LogP contribution in [-0.4, -0.2) is 6.54 Å². The van der Waals surface area contributed by atoms with Crippen molar-refractivity contribution in [1.82, 2.24) is 5.32 Å². The molecule has 0 aromatic heterocycles. The van der Waals surface area contributed by atoms with E-state index in [-0.39, 0.29) is 0 Å². The molecule has 1 saturated carbocycles. The average Bonchev–Trinajstić information content (AvgIpc) is 2.41. The summed E-state index contributed by atoms with van der Waals surface area (Å²) in [6.07, 6.45) is 5.60. The van der Waals surface area contributed by atoms with Gasteiger partial charge in [0.2, 0.25) is 0 Å². The zero-order valence-corrected chi connectivity index (χ0v) is 13.8. The highest BCUT2D eigenvalue weighted by molar-refractivity contribution is 6.30. The van der Waals surface area contributed by atoms with Gasteiger partial charge < -0.3 is 5.32 Å². The molecule has 0 heterocycles. The van der Waals surface area contributed by atoms with Gasteiger partial charge in [-0.15, -0.1) is 0 Å². The number of hydrogen-bond acceptors (Lipinski definition) is 1. The smallest absolute Gasteiger partial charge is 0.0406 e. The summed E-state index contributed by atoms with van der Waals surface area (Å²) in [6, 6.07) is 8.74. The highest BCUT2D eigenvalue weighted by Crippen LogP contribution is 2.29. The third-order valence-corrected chi connectivity index (χ3v) is 4.82. The summed E-state index contributed by atoms with van der Waals surface area (Å²) >= 11 is 5.99. The summed E-state index contributed by atoms with van der Waals surface area (Å²) in [5.41, 5.74) is 1.35. The van der Waals surface area contributed by atoms with Crippen LogP contribution in [0.1, 0.15) is 58.1 Å². The molecular formula is C18H28ClN. The molecule has 0 bridgehead atoms. The second-order valence-electron chi connectivity index (χ2n) is 6.82. The largest absolute Gasteiger partial charge is 0.309 e. The maximum Gasteiger partial charge on any atom is 0.0406 e. The van der Waals surface area contributed by atoms with Crippen LogP contribution in [0.15, 0.2) is 24.3 Å². The Kier molecular flexibility index (Phi) is 5.92. The monoisotopic (exact) mass is 293 g/mol. The van der Waals surface area contributed by atoms with E-state index in [0.29, 0.717) is 12.0 Å². The fraction of sp³-hybridized carbons (Fsp3) is 0.667. The number of hydrogen-bond donors (Lipinski definition) is 1. The van der Waals surface area contributed by atoms with Gasteiger partial charge in [-0.2, -0.15) is 0 Å². The molecule has 2 rings (SSSR count). The fourth-order valence-corrected chi connectivity index (χ4v) is 3.57. The first kappa shape index (κ1) is 15.9. The van der Waals surface area contributed by atoms with Gasteiger partial charge >= 0.3 is 0 Å². The van der Waals surface area contributed by atoms with E-state index < -0.39 is 0 Å². The summed E-state index contributed by atoms with van der Waals surface area (Å²) in [6.45, 7) is 8.12. The van der Waals surface area contributed by atoms with Crippen molar-refractivity contribution >= 4 is 11.6 Å². The lowest BCUT2D eigenvalue weighted by Crippen LogP contribution is -2.32. The van der Waals surface area contributed by atoms with Gasteiger partial charge in [0.25, 0.3) is 0 Å². The Morgan fingerprint density at radius 1 is 1.20 bits per heavy atom. The Balaban J connectivity index is 1.94. The minimum absolute atomic E-state index is 0.435. The normalized spacial score (nSPS) is 24.9. The fourth-order valence-electron chi connectivity index (χ4n) is 3.45. The van der Waals surface area contributed by atoms with Gasteiger partial charge in [-0.1, -0.05) is 57.3 Å². The maximum atomic E-state index is 5.99. The molecule has 0 amide bonds. The van der Waals surface area contributed by atoms with Crippen molar-refractivity contribution in [3.05, 3.63) is 34.9 Å². The highest BCUT2D eigenvalue weighted by atomic mass is 35.5. The first-order valence-corrected chi connectivity index (χ1v) is 8.43. The zero-order chi connectivity index (χ0) is 14.5. The molecule has 1 nitrogen and oxygen atoms in total. The van der Waals surface area contributed by atoms with Crippen molar-refractivity contribution in [1.29, 1.82) is 0 Å². The maximum absolute atomic E-state index is 5.99. The molecular weight excluding hydrogens is 266 g/mol. The first-order chi connectivity index (χ1) is 9.56. The van der Waals surface area contributed by atoms with Gasteiger partial charge in [0.05, 0.1) is 0 Å². The molecule has 1 fully saturated rings. The lowest BCUT2D eigenvalue weighted by atomic mass is 9.82. The highest BCUT2D eigenvalue weighted by Gasteiger charge is 2.21. The molecule has 20 heavy (non-hydrogen) atoms. The van der Waals surface area contributed by atoms with Crippen LogP contribution in [0.4, 0.5) is 0 Å². The number of nitrogens with one attached hydrogen (secondary N) is 1. The predicted octanol–water partition coefficient (Wildman–Crippen LogP) is 5.45. The standard InChI is InChI=1S/C18H28ClN/c1-13(2)18(16-7-9-17(19)10-8-16)20-12-15-6-4-5-14(3)11-15/h7-10,13-15,18,20H,4-6,11-12H2,1-3H3. The summed E-state index contributed by atoms with van der Waals surface area (Å²) < 4.78 is 0. The van der Waals surface area contributed by atoms with Crippen LogP contribution in [0.25, 0.3) is 0 Å². The molecule has 0 radical (unpaired) electrons. The molecule has 3 unspecified atom stereocenters. The topological polar surface area (TPSA) is 12.0 Å². The van der Waals surface area contributed by atoms with Crippen LogP contribution in [0.3, 0.4) is 0 Å². The van der Waals surface area contributed by atoms with Crippen molar-refractivity contribution in [3.63, 3.8) is 0 Å². The van der Waals surface area contributed by atoms with Crippen LogP contribution in [-0.2, 0) is 0 Å². The zero-order valence-electron chi connectivity index (χ0n) is 13.0. The molecule has 1 aliphatic rings. The van der Waals surface area contributed by atoms with Gasteiger partial charge in [0.1, 0.15) is 0 Å². The third kappa shape index (κ3) is 4.49. The summed E-state index contributed by atoms with van der Waals surface area (Å²) in [4.78, 5) is 0. The molecule has 1 N–H and O–H groups in total. The minimum atomic E-state index is 0.435. The van der Waals surface area contributed by atoms with Crippen molar-refractivity contribution < 1.29 is 0 Å². The van der Waals surface area contributed by atoms with E-state index in [4.69, 9.17) is 11.6 Å². The second-order valence-corrected chi connectivity index (χ2v) is 7.26. The van der Waals surface area contributed by atoms with Crippen molar-refractivity contribution in [3.8, 4) is 0 Å². The quantitative estimate of drug-likeness (QED) is 0.761. The Bertz CT molecular complexity index is 398. The molecule has 0 saturated heterocycles. The van der Waals surface area contributed by atoms with E-state index in [2.05, 4.69) is 38.2 Å². The Labute approximate surface area is 129 Å². The number of halogens is 1. The summed E-state index contributed by atoms with van der Waals surface area (Å²) in [5, 5.41) is 4.62. The Morgan fingerprint density at radius 2 is 1.90 bits per heavy atom. The van der Waals surface area contributed by atoms with E-state index in [1.165, 1.54) is 31.2 Å². The second kappa shape index (κ2) is 7.47. The average molecular weight is 294 g/mol. The number of benzene rings is 1. The summed E-state index contributed by atoms with van der Waals surface area (Å²) in [5.74, 6) is 2.35. The molecule has 1 aromatic rings. The van der Waals surface area contributed by atoms with Gasteiger partial charge in [0, 0.05) is 11.1 Å². The summed E-state index contributed by atoms with van der Waals surface area (Å²) in [7, 11) is 0. The molecule has 0 aliphatic heterocycles. The lowest BCUT2D eigenvalue weighted by Gasteiger charge is -2.30. The van der Waals surface area contributed by atoms with Crippen molar-refractivity contribution in [2.75, 3.05) is 6.54 Å². The van der Waals surface area contributed by atoms with Crippen LogP contribution >= 0.6 is 11.6 Å². The lowest BCUT2D eigenvalue weighted by molar-refractivity contribution is 0.258. The molecule has 1 aliphatic carbocycles.